The second-order valence-electron chi connectivity index (χ2n) is 4.46. The number of nitrogens with one attached hydrogen (secondary N) is 1. The quantitative estimate of drug-likeness (QED) is 0.761. The molecule has 102 valence electrons. The van der Waals surface area contributed by atoms with E-state index in [1.54, 1.807) is 6.07 Å². The summed E-state index contributed by atoms with van der Waals surface area (Å²) in [6, 6.07) is 10.9. The monoisotopic (exact) mass is 271 g/mol. The smallest absolute Gasteiger partial charge is 0.243 e. The molecular weight excluding hydrogens is 257 g/mol. The molecule has 0 bridgehead atoms. The molecule has 3 rings (SSSR count). The molecule has 0 spiro atoms. The van der Waals surface area contributed by atoms with Crippen LogP contribution in [0.15, 0.2) is 42.6 Å². The van der Waals surface area contributed by atoms with E-state index in [9.17, 15) is 4.39 Å². The Morgan fingerprint density at radius 2 is 1.85 bits per heavy atom. The number of benzene rings is 1. The molecule has 0 aliphatic rings. The Hall–Kier alpha value is -2.47. The first-order valence-corrected chi connectivity index (χ1v) is 6.28. The standard InChI is InChI=1S/C14H14FN5/c15-12-5-6-13-18-14(19-20(13)9-12)17-8-11-3-1-10(7-16)2-4-11/h1-6,9H,7-8,16H2,(H,17,19). The van der Waals surface area contributed by atoms with Crippen LogP contribution in [0.25, 0.3) is 5.65 Å². The van der Waals surface area contributed by atoms with Gasteiger partial charge in [-0.1, -0.05) is 24.3 Å². The average Bonchev–Trinajstić information content (AvgIpc) is 2.87. The van der Waals surface area contributed by atoms with Gasteiger partial charge in [-0.05, 0) is 23.3 Å². The second kappa shape index (κ2) is 5.26. The number of fused-ring (bicyclic) bond motifs is 1. The molecule has 6 heteroatoms. The van der Waals surface area contributed by atoms with Gasteiger partial charge < -0.3 is 11.1 Å². The van der Waals surface area contributed by atoms with Gasteiger partial charge in [0.05, 0.1) is 6.20 Å². The predicted octanol–water partition coefficient (Wildman–Crippen LogP) is 1.94. The van der Waals surface area contributed by atoms with E-state index in [0.29, 0.717) is 24.7 Å². The van der Waals surface area contributed by atoms with Gasteiger partial charge in [0.2, 0.25) is 5.95 Å². The van der Waals surface area contributed by atoms with E-state index in [1.807, 2.05) is 24.3 Å². The van der Waals surface area contributed by atoms with Crippen molar-refractivity contribution in [2.24, 2.45) is 5.73 Å². The highest BCUT2D eigenvalue weighted by Crippen LogP contribution is 2.09. The van der Waals surface area contributed by atoms with Crippen molar-refractivity contribution in [3.8, 4) is 0 Å². The van der Waals surface area contributed by atoms with Gasteiger partial charge in [-0.2, -0.15) is 4.98 Å². The van der Waals surface area contributed by atoms with Crippen LogP contribution in [-0.2, 0) is 13.1 Å². The fourth-order valence-corrected chi connectivity index (χ4v) is 1.91. The minimum Gasteiger partial charge on any atom is -0.349 e. The van der Waals surface area contributed by atoms with Crippen LogP contribution in [0.4, 0.5) is 10.3 Å². The molecule has 0 radical (unpaired) electrons. The molecule has 3 aromatic rings. The second-order valence-corrected chi connectivity index (χ2v) is 4.46. The van der Waals surface area contributed by atoms with E-state index >= 15 is 0 Å². The van der Waals surface area contributed by atoms with E-state index in [1.165, 1.54) is 16.8 Å². The first-order chi connectivity index (χ1) is 9.74. The van der Waals surface area contributed by atoms with Gasteiger partial charge in [0.1, 0.15) is 5.82 Å². The topological polar surface area (TPSA) is 68.2 Å². The molecule has 0 aliphatic carbocycles. The zero-order valence-electron chi connectivity index (χ0n) is 10.8. The summed E-state index contributed by atoms with van der Waals surface area (Å²) < 4.78 is 14.5. The number of rotatable bonds is 4. The molecule has 5 nitrogen and oxygen atoms in total. The average molecular weight is 271 g/mol. The Bertz CT molecular complexity index is 720. The van der Waals surface area contributed by atoms with E-state index < -0.39 is 0 Å². The summed E-state index contributed by atoms with van der Waals surface area (Å²) in [4.78, 5) is 4.26. The number of hydrogen-bond acceptors (Lipinski definition) is 4. The first kappa shape index (κ1) is 12.6. The Morgan fingerprint density at radius 3 is 2.60 bits per heavy atom. The van der Waals surface area contributed by atoms with Crippen LogP contribution in [0, 0.1) is 5.82 Å². The Balaban J connectivity index is 1.72. The van der Waals surface area contributed by atoms with Crippen LogP contribution in [0.5, 0.6) is 0 Å². The summed E-state index contributed by atoms with van der Waals surface area (Å²) in [5.41, 5.74) is 8.35. The summed E-state index contributed by atoms with van der Waals surface area (Å²) in [5, 5.41) is 7.27. The molecule has 0 aliphatic heterocycles. The molecule has 0 saturated carbocycles. The van der Waals surface area contributed by atoms with Crippen molar-refractivity contribution >= 4 is 11.6 Å². The summed E-state index contributed by atoms with van der Waals surface area (Å²) >= 11 is 0. The maximum Gasteiger partial charge on any atom is 0.243 e. The summed E-state index contributed by atoms with van der Waals surface area (Å²) in [7, 11) is 0. The summed E-state index contributed by atoms with van der Waals surface area (Å²) in [5.74, 6) is 0.129. The number of nitrogens with two attached hydrogens (primary N) is 1. The molecule has 3 N–H and O–H groups in total. The largest absolute Gasteiger partial charge is 0.349 e. The van der Waals surface area contributed by atoms with Crippen LogP contribution in [-0.4, -0.2) is 14.6 Å². The Morgan fingerprint density at radius 1 is 1.10 bits per heavy atom. The van der Waals surface area contributed by atoms with E-state index in [2.05, 4.69) is 15.4 Å². The van der Waals surface area contributed by atoms with Crippen molar-refractivity contribution in [2.75, 3.05) is 5.32 Å². The van der Waals surface area contributed by atoms with Crippen molar-refractivity contribution in [2.45, 2.75) is 13.1 Å². The molecule has 0 atom stereocenters. The lowest BCUT2D eigenvalue weighted by molar-refractivity contribution is 0.615. The van der Waals surface area contributed by atoms with Crippen LogP contribution in [0.1, 0.15) is 11.1 Å². The van der Waals surface area contributed by atoms with Crippen molar-refractivity contribution in [1.82, 2.24) is 14.6 Å². The third kappa shape index (κ3) is 2.60. The van der Waals surface area contributed by atoms with Crippen LogP contribution >= 0.6 is 0 Å². The third-order valence-corrected chi connectivity index (χ3v) is 3.00. The molecule has 0 fully saturated rings. The number of anilines is 1. The van der Waals surface area contributed by atoms with Crippen LogP contribution in [0.3, 0.4) is 0 Å². The van der Waals surface area contributed by atoms with Crippen molar-refractivity contribution in [1.29, 1.82) is 0 Å². The zero-order valence-corrected chi connectivity index (χ0v) is 10.8. The van der Waals surface area contributed by atoms with Gasteiger partial charge in [-0.3, -0.25) is 0 Å². The molecule has 0 amide bonds. The Labute approximate surface area is 115 Å². The highest BCUT2D eigenvalue weighted by molar-refractivity contribution is 5.43. The minimum atomic E-state index is -0.341. The number of pyridine rings is 1. The van der Waals surface area contributed by atoms with Gasteiger partial charge in [0.25, 0.3) is 0 Å². The van der Waals surface area contributed by atoms with Crippen LogP contribution in [0.2, 0.25) is 0 Å². The molecular formula is C14H14FN5. The molecule has 2 aromatic heterocycles. The maximum atomic E-state index is 13.0. The maximum absolute atomic E-state index is 13.0. The normalized spacial score (nSPS) is 10.9. The van der Waals surface area contributed by atoms with Gasteiger partial charge in [-0.15, -0.1) is 5.10 Å². The molecule has 2 heterocycles. The fraction of sp³-hybridized carbons (Fsp3) is 0.143. The van der Waals surface area contributed by atoms with Gasteiger partial charge in [0, 0.05) is 13.1 Å². The van der Waals surface area contributed by atoms with Crippen molar-refractivity contribution < 1.29 is 4.39 Å². The van der Waals surface area contributed by atoms with Crippen LogP contribution < -0.4 is 11.1 Å². The van der Waals surface area contributed by atoms with E-state index in [0.717, 1.165) is 11.1 Å². The number of halogens is 1. The SMILES string of the molecule is NCc1ccc(CNc2nc3ccc(F)cn3n2)cc1. The third-order valence-electron chi connectivity index (χ3n) is 3.00. The highest BCUT2D eigenvalue weighted by atomic mass is 19.1. The minimum absolute atomic E-state index is 0.341. The number of aromatic nitrogens is 3. The number of hydrogen-bond donors (Lipinski definition) is 2. The summed E-state index contributed by atoms with van der Waals surface area (Å²) in [6.45, 7) is 1.14. The van der Waals surface area contributed by atoms with Crippen molar-refractivity contribution in [3.63, 3.8) is 0 Å². The first-order valence-electron chi connectivity index (χ1n) is 6.28. The van der Waals surface area contributed by atoms with Crippen molar-refractivity contribution in [3.05, 3.63) is 59.5 Å². The zero-order chi connectivity index (χ0) is 13.9. The number of nitrogens with zero attached hydrogens (tertiary/aromatic N) is 3. The lowest BCUT2D eigenvalue weighted by atomic mass is 10.1. The van der Waals surface area contributed by atoms with Gasteiger partial charge in [0.15, 0.2) is 5.65 Å². The van der Waals surface area contributed by atoms with E-state index in [-0.39, 0.29) is 5.82 Å². The lowest BCUT2D eigenvalue weighted by Gasteiger charge is -2.03. The Kier molecular flexibility index (Phi) is 3.30. The van der Waals surface area contributed by atoms with Gasteiger partial charge >= 0.3 is 0 Å². The van der Waals surface area contributed by atoms with E-state index in [4.69, 9.17) is 5.73 Å². The highest BCUT2D eigenvalue weighted by Gasteiger charge is 2.03. The van der Waals surface area contributed by atoms with Gasteiger partial charge in [-0.25, -0.2) is 8.91 Å². The molecule has 1 aromatic carbocycles. The fourth-order valence-electron chi connectivity index (χ4n) is 1.91. The molecule has 0 saturated heterocycles. The summed E-state index contributed by atoms with van der Waals surface area (Å²) in [6.07, 6.45) is 1.30. The lowest BCUT2D eigenvalue weighted by Crippen LogP contribution is -2.02. The molecule has 20 heavy (non-hydrogen) atoms. The molecule has 0 unspecified atom stereocenters. The predicted molar refractivity (Wildman–Crippen MR) is 74.6 cm³/mol.